The summed E-state index contributed by atoms with van der Waals surface area (Å²) in [7, 11) is 0. The molecule has 0 N–H and O–H groups in total. The van der Waals surface area contributed by atoms with Gasteiger partial charge in [-0.1, -0.05) is 50.0 Å². The quantitative estimate of drug-likeness (QED) is 0.330. The lowest BCUT2D eigenvalue weighted by atomic mass is 9.69. The standard InChI is InChI=1S/C32H56N2/c1-2-5-10-14-18-23-34-26-29-19-15-11-7-4-6-9-13-17-22-33-24-21-32(31(25-29)28-34)30(27-33)20-16-12-8-3-1/h1,3-4,6,29-32H,2,5,7-28H2/b3-1-,6-4-/t29-,30+,31+,32-/m1/s1. The first-order valence-corrected chi connectivity index (χ1v) is 15.6. The van der Waals surface area contributed by atoms with Crippen LogP contribution in [0.5, 0.6) is 0 Å². The first-order valence-electron chi connectivity index (χ1n) is 15.6. The zero-order valence-electron chi connectivity index (χ0n) is 22.5. The molecule has 2 fully saturated rings. The average Bonchev–Trinajstić information content (AvgIpc) is 2.85. The molecule has 0 aromatic heterocycles. The highest BCUT2D eigenvalue weighted by atomic mass is 15.1. The number of rotatable bonds is 0. The van der Waals surface area contributed by atoms with E-state index in [1.165, 1.54) is 155 Å². The Morgan fingerprint density at radius 2 is 1.03 bits per heavy atom. The predicted molar refractivity (Wildman–Crippen MR) is 148 cm³/mol. The molecular formula is C32H56N2. The van der Waals surface area contributed by atoms with Crippen LogP contribution in [-0.2, 0) is 0 Å². The lowest BCUT2D eigenvalue weighted by Gasteiger charge is -2.47. The maximum absolute atomic E-state index is 2.94. The van der Waals surface area contributed by atoms with E-state index in [1.807, 2.05) is 0 Å². The Balaban J connectivity index is 1.47. The fourth-order valence-corrected chi connectivity index (χ4v) is 7.69. The molecule has 2 saturated heterocycles. The van der Waals surface area contributed by atoms with Crippen LogP contribution in [-0.4, -0.2) is 49.1 Å². The molecule has 194 valence electrons. The van der Waals surface area contributed by atoms with Gasteiger partial charge in [-0.3, -0.25) is 0 Å². The molecule has 0 aromatic carbocycles. The van der Waals surface area contributed by atoms with E-state index in [-0.39, 0.29) is 0 Å². The summed E-state index contributed by atoms with van der Waals surface area (Å²) in [4.78, 5) is 5.80. The van der Waals surface area contributed by atoms with Gasteiger partial charge in [0.05, 0.1) is 0 Å². The van der Waals surface area contributed by atoms with Crippen molar-refractivity contribution in [2.45, 2.75) is 116 Å². The average molecular weight is 469 g/mol. The molecule has 6 bridgehead atoms. The molecule has 5 aliphatic heterocycles. The Bertz CT molecular complexity index is 596. The molecule has 0 amide bonds. The second-order valence-electron chi connectivity index (χ2n) is 12.3. The van der Waals surface area contributed by atoms with Crippen LogP contribution in [0.15, 0.2) is 24.3 Å². The van der Waals surface area contributed by atoms with Crippen molar-refractivity contribution in [3.8, 4) is 0 Å². The molecule has 0 aliphatic carbocycles. The number of nitrogens with zero attached hydrogens (tertiary/aromatic N) is 2. The van der Waals surface area contributed by atoms with Crippen molar-refractivity contribution in [1.29, 1.82) is 0 Å². The number of hydrogen-bond donors (Lipinski definition) is 0. The third-order valence-electron chi connectivity index (χ3n) is 9.58. The SMILES string of the molecule is C1=C\CCCC[C@H]2CN3CCCC/C=C\CCCC[C@@H]4C[C@@H](CN(CCCCCC/1)C4)[C@@H]2CC3. The van der Waals surface area contributed by atoms with Crippen molar-refractivity contribution in [1.82, 2.24) is 9.80 Å². The van der Waals surface area contributed by atoms with Crippen LogP contribution < -0.4 is 0 Å². The van der Waals surface area contributed by atoms with Gasteiger partial charge in [0, 0.05) is 19.6 Å². The van der Waals surface area contributed by atoms with Gasteiger partial charge in [0.1, 0.15) is 0 Å². The van der Waals surface area contributed by atoms with Crippen molar-refractivity contribution in [2.75, 3.05) is 39.3 Å². The van der Waals surface area contributed by atoms with Gasteiger partial charge in [0.25, 0.3) is 0 Å². The summed E-state index contributed by atoms with van der Waals surface area (Å²) in [6.45, 7) is 8.31. The van der Waals surface area contributed by atoms with Crippen molar-refractivity contribution in [3.63, 3.8) is 0 Å². The molecule has 2 heteroatoms. The Kier molecular flexibility index (Phi) is 12.1. The van der Waals surface area contributed by atoms with Crippen LogP contribution in [0, 0.1) is 23.7 Å². The third kappa shape index (κ3) is 9.12. The first kappa shape index (κ1) is 26.5. The Hall–Kier alpha value is -0.600. The number of piperidine rings is 2. The minimum absolute atomic E-state index is 0.953. The van der Waals surface area contributed by atoms with Crippen LogP contribution in [0.3, 0.4) is 0 Å². The lowest BCUT2D eigenvalue weighted by molar-refractivity contribution is 0.0186. The summed E-state index contributed by atoms with van der Waals surface area (Å²) >= 11 is 0. The van der Waals surface area contributed by atoms with E-state index in [2.05, 4.69) is 34.1 Å². The molecule has 0 aromatic rings. The molecule has 0 radical (unpaired) electrons. The summed E-state index contributed by atoms with van der Waals surface area (Å²) in [5.74, 6) is 3.88. The molecule has 2 unspecified atom stereocenters. The highest BCUT2D eigenvalue weighted by Gasteiger charge is 2.38. The van der Waals surface area contributed by atoms with Crippen LogP contribution in [0.4, 0.5) is 0 Å². The fraction of sp³-hybridized carbons (Fsp3) is 0.875. The third-order valence-corrected chi connectivity index (χ3v) is 9.58. The normalized spacial score (nSPS) is 39.8. The largest absolute Gasteiger partial charge is 0.303 e. The summed E-state index contributed by atoms with van der Waals surface area (Å²) in [5.41, 5.74) is 0. The molecule has 5 rings (SSSR count). The number of hydrogen-bond acceptors (Lipinski definition) is 2. The summed E-state index contributed by atoms with van der Waals surface area (Å²) < 4.78 is 0. The highest BCUT2D eigenvalue weighted by Crippen LogP contribution is 2.40. The smallest absolute Gasteiger partial charge is 0.00127 e. The molecular weight excluding hydrogens is 412 g/mol. The molecule has 0 saturated carbocycles. The van der Waals surface area contributed by atoms with Gasteiger partial charge >= 0.3 is 0 Å². The summed E-state index contributed by atoms with van der Waals surface area (Å²) in [5, 5.41) is 0. The second-order valence-corrected chi connectivity index (χ2v) is 12.3. The van der Waals surface area contributed by atoms with E-state index in [4.69, 9.17) is 0 Å². The maximum atomic E-state index is 2.94. The number of allylic oxidation sites excluding steroid dienone is 4. The van der Waals surface area contributed by atoms with Crippen LogP contribution in [0.25, 0.3) is 0 Å². The molecule has 2 nitrogen and oxygen atoms in total. The predicted octanol–water partition coefficient (Wildman–Crippen LogP) is 8.24. The Morgan fingerprint density at radius 1 is 0.441 bits per heavy atom. The minimum atomic E-state index is 0.953. The molecule has 6 atom stereocenters. The molecule has 34 heavy (non-hydrogen) atoms. The molecule has 0 spiro atoms. The van der Waals surface area contributed by atoms with Gasteiger partial charge < -0.3 is 9.80 Å². The second kappa shape index (κ2) is 15.5. The monoisotopic (exact) mass is 468 g/mol. The molecule has 5 heterocycles. The van der Waals surface area contributed by atoms with Crippen molar-refractivity contribution in [2.24, 2.45) is 23.7 Å². The summed E-state index contributed by atoms with van der Waals surface area (Å²) in [6, 6.07) is 0. The van der Waals surface area contributed by atoms with Gasteiger partial charge in [0.15, 0.2) is 0 Å². The maximum Gasteiger partial charge on any atom is 0.00127 e. The fourth-order valence-electron chi connectivity index (χ4n) is 7.69. The Labute approximate surface area is 212 Å². The highest BCUT2D eigenvalue weighted by molar-refractivity contribution is 4.91. The van der Waals surface area contributed by atoms with Gasteiger partial charge in [-0.25, -0.2) is 0 Å². The molecule has 5 aliphatic rings. The van der Waals surface area contributed by atoms with Crippen LogP contribution >= 0.6 is 0 Å². The van der Waals surface area contributed by atoms with Crippen molar-refractivity contribution >= 4 is 0 Å². The van der Waals surface area contributed by atoms with E-state index in [1.54, 1.807) is 0 Å². The van der Waals surface area contributed by atoms with E-state index in [0.717, 1.165) is 23.7 Å². The zero-order chi connectivity index (χ0) is 23.3. The van der Waals surface area contributed by atoms with E-state index in [9.17, 15) is 0 Å². The van der Waals surface area contributed by atoms with Gasteiger partial charge in [0.2, 0.25) is 0 Å². The van der Waals surface area contributed by atoms with Crippen LogP contribution in [0.2, 0.25) is 0 Å². The minimum Gasteiger partial charge on any atom is -0.303 e. The number of fused-ring (bicyclic) bond motifs is 10. The van der Waals surface area contributed by atoms with Gasteiger partial charge in [-0.2, -0.15) is 0 Å². The van der Waals surface area contributed by atoms with Gasteiger partial charge in [-0.15, -0.1) is 0 Å². The van der Waals surface area contributed by atoms with Gasteiger partial charge in [-0.05, 0) is 133 Å². The van der Waals surface area contributed by atoms with Crippen molar-refractivity contribution < 1.29 is 0 Å². The van der Waals surface area contributed by atoms with Crippen molar-refractivity contribution in [3.05, 3.63) is 24.3 Å². The van der Waals surface area contributed by atoms with E-state index >= 15 is 0 Å². The summed E-state index contributed by atoms with van der Waals surface area (Å²) in [6.07, 6.45) is 35.3. The van der Waals surface area contributed by atoms with Crippen LogP contribution in [0.1, 0.15) is 116 Å². The van der Waals surface area contributed by atoms with E-state index in [0.29, 0.717) is 0 Å². The topological polar surface area (TPSA) is 6.48 Å². The van der Waals surface area contributed by atoms with E-state index < -0.39 is 0 Å². The Morgan fingerprint density at radius 3 is 1.82 bits per heavy atom. The first-order chi connectivity index (χ1) is 16.9. The lowest BCUT2D eigenvalue weighted by Crippen LogP contribution is -2.49. The zero-order valence-corrected chi connectivity index (χ0v) is 22.5.